The van der Waals surface area contributed by atoms with Gasteiger partial charge in [0.15, 0.2) is 0 Å². The molecule has 9 nitrogen and oxygen atoms in total. The van der Waals surface area contributed by atoms with Crippen molar-refractivity contribution in [3.63, 3.8) is 0 Å². The Morgan fingerprint density at radius 2 is 2.11 bits per heavy atom. The molecule has 4 N–H and O–H groups in total. The first-order valence-corrected chi connectivity index (χ1v) is 8.99. The van der Waals surface area contributed by atoms with Gasteiger partial charge < -0.3 is 9.84 Å². The summed E-state index contributed by atoms with van der Waals surface area (Å²) in [5.41, 5.74) is 1.71. The Balaban J connectivity index is 1.43. The van der Waals surface area contributed by atoms with Gasteiger partial charge >= 0.3 is 6.03 Å². The second-order valence-corrected chi connectivity index (χ2v) is 6.85. The Labute approximate surface area is 160 Å². The van der Waals surface area contributed by atoms with Crippen LogP contribution >= 0.6 is 0 Å². The van der Waals surface area contributed by atoms with Crippen LogP contribution in [0.3, 0.4) is 0 Å². The van der Waals surface area contributed by atoms with Crippen molar-refractivity contribution in [3.05, 3.63) is 47.1 Å². The SMILES string of the molecule is Cc1noc(C)c1CNC1NCC2C(=O)N(c3ccccc3F)C(=O)NC2N1. The normalized spacial score (nSPS) is 24.8. The minimum absolute atomic E-state index is 0.0536. The zero-order chi connectivity index (χ0) is 19.8. The van der Waals surface area contributed by atoms with Gasteiger partial charge in [-0.05, 0) is 26.0 Å². The fourth-order valence-corrected chi connectivity index (χ4v) is 3.50. The average molecular weight is 388 g/mol. The average Bonchev–Trinajstić information content (AvgIpc) is 2.99. The zero-order valence-corrected chi connectivity index (χ0v) is 15.5. The summed E-state index contributed by atoms with van der Waals surface area (Å²) in [6, 6.07) is 5.05. The number of fused-ring (bicyclic) bond motifs is 1. The summed E-state index contributed by atoms with van der Waals surface area (Å²) in [5.74, 6) is -0.905. The number of rotatable bonds is 4. The molecule has 0 saturated carbocycles. The highest BCUT2D eigenvalue weighted by Crippen LogP contribution is 2.25. The number of nitrogens with one attached hydrogen (secondary N) is 4. The van der Waals surface area contributed by atoms with E-state index in [1.165, 1.54) is 18.2 Å². The Kier molecular flexibility index (Phi) is 4.84. The van der Waals surface area contributed by atoms with Crippen LogP contribution < -0.4 is 26.2 Å². The number of imide groups is 1. The summed E-state index contributed by atoms with van der Waals surface area (Å²) in [6.07, 6.45) is -0.894. The summed E-state index contributed by atoms with van der Waals surface area (Å²) in [5, 5.41) is 16.3. The van der Waals surface area contributed by atoms with Crippen LogP contribution in [0.4, 0.5) is 14.9 Å². The lowest BCUT2D eigenvalue weighted by Crippen LogP contribution is -2.74. The maximum atomic E-state index is 14.1. The van der Waals surface area contributed by atoms with Crippen molar-refractivity contribution < 1.29 is 18.5 Å². The number of aryl methyl sites for hydroxylation is 2. The number of urea groups is 1. The van der Waals surface area contributed by atoms with Crippen molar-refractivity contribution >= 4 is 17.6 Å². The highest BCUT2D eigenvalue weighted by atomic mass is 19.1. The fraction of sp³-hybridized carbons (Fsp3) is 0.389. The maximum Gasteiger partial charge on any atom is 0.330 e. The summed E-state index contributed by atoms with van der Waals surface area (Å²) in [6.45, 7) is 4.53. The Hall–Kier alpha value is -2.82. The summed E-state index contributed by atoms with van der Waals surface area (Å²) < 4.78 is 19.2. The quantitative estimate of drug-likeness (QED) is 0.610. The summed E-state index contributed by atoms with van der Waals surface area (Å²) in [7, 11) is 0. The van der Waals surface area contributed by atoms with Gasteiger partial charge in [0.2, 0.25) is 5.91 Å². The Bertz CT molecular complexity index is 897. The van der Waals surface area contributed by atoms with Crippen molar-refractivity contribution in [2.75, 3.05) is 11.4 Å². The van der Waals surface area contributed by atoms with Crippen LogP contribution in [0.15, 0.2) is 28.8 Å². The molecule has 2 fully saturated rings. The van der Waals surface area contributed by atoms with E-state index in [0.717, 1.165) is 21.9 Å². The van der Waals surface area contributed by atoms with Crippen molar-refractivity contribution in [2.24, 2.45) is 5.92 Å². The second kappa shape index (κ2) is 7.30. The van der Waals surface area contributed by atoms with Crippen LogP contribution in [-0.4, -0.2) is 36.1 Å². The minimum Gasteiger partial charge on any atom is -0.361 e. The molecule has 0 aliphatic carbocycles. The number of amides is 3. The van der Waals surface area contributed by atoms with E-state index in [4.69, 9.17) is 4.52 Å². The van der Waals surface area contributed by atoms with Gasteiger partial charge in [0.1, 0.15) is 17.9 Å². The highest BCUT2D eigenvalue weighted by molar-refractivity contribution is 6.17. The molecule has 4 rings (SSSR count). The minimum atomic E-state index is -0.657. The maximum absolute atomic E-state index is 14.1. The number of halogens is 1. The van der Waals surface area contributed by atoms with Gasteiger partial charge in [-0.25, -0.2) is 14.1 Å². The third-order valence-corrected chi connectivity index (χ3v) is 5.07. The van der Waals surface area contributed by atoms with Crippen LogP contribution in [0.5, 0.6) is 0 Å². The molecular weight excluding hydrogens is 367 g/mol. The van der Waals surface area contributed by atoms with Gasteiger partial charge in [0, 0.05) is 18.7 Å². The zero-order valence-electron chi connectivity index (χ0n) is 15.5. The molecule has 1 aromatic carbocycles. The first-order valence-electron chi connectivity index (χ1n) is 8.99. The number of carbonyl (C=O) groups is 2. The molecule has 2 saturated heterocycles. The Morgan fingerprint density at radius 3 is 2.82 bits per heavy atom. The van der Waals surface area contributed by atoms with Gasteiger partial charge in [0.05, 0.1) is 23.5 Å². The standard InChI is InChI=1S/C18H21FN6O3/c1-9-11(10(2)28-24-9)7-20-17-21-8-12-15(22-17)23-18(27)25(16(12)26)14-6-4-3-5-13(14)19/h3-6,12,15,17,20-22H,7-8H2,1-2H3,(H,23,27). The molecule has 2 aliphatic rings. The number of hydrogen-bond donors (Lipinski definition) is 4. The summed E-state index contributed by atoms with van der Waals surface area (Å²) >= 11 is 0. The molecule has 3 atom stereocenters. The first kappa shape index (κ1) is 18.5. The fourth-order valence-electron chi connectivity index (χ4n) is 3.50. The number of aromatic nitrogens is 1. The van der Waals surface area contributed by atoms with Crippen molar-refractivity contribution in [2.45, 2.75) is 32.8 Å². The first-order chi connectivity index (χ1) is 13.5. The molecule has 3 unspecified atom stereocenters. The topological polar surface area (TPSA) is 112 Å². The molecule has 3 amide bonds. The molecular formula is C18H21FN6O3. The van der Waals surface area contributed by atoms with E-state index in [1.807, 2.05) is 13.8 Å². The molecule has 28 heavy (non-hydrogen) atoms. The highest BCUT2D eigenvalue weighted by Gasteiger charge is 2.45. The third kappa shape index (κ3) is 3.26. The van der Waals surface area contributed by atoms with Crippen molar-refractivity contribution in [3.8, 4) is 0 Å². The predicted octanol–water partition coefficient (Wildman–Crippen LogP) is 0.695. The Morgan fingerprint density at radius 1 is 1.32 bits per heavy atom. The molecule has 2 aliphatic heterocycles. The number of para-hydroxylation sites is 1. The predicted molar refractivity (Wildman–Crippen MR) is 97.4 cm³/mol. The van der Waals surface area contributed by atoms with E-state index >= 15 is 0 Å². The van der Waals surface area contributed by atoms with Crippen LogP contribution in [0.25, 0.3) is 0 Å². The molecule has 10 heteroatoms. The third-order valence-electron chi connectivity index (χ3n) is 5.07. The molecule has 0 bridgehead atoms. The van der Waals surface area contributed by atoms with E-state index in [0.29, 0.717) is 13.1 Å². The monoisotopic (exact) mass is 388 g/mol. The lowest BCUT2D eigenvalue weighted by atomic mass is 9.99. The molecule has 2 aromatic rings. The molecule has 1 aromatic heterocycles. The number of anilines is 1. The smallest absolute Gasteiger partial charge is 0.330 e. The number of nitrogens with zero attached hydrogens (tertiary/aromatic N) is 2. The van der Waals surface area contributed by atoms with E-state index < -0.39 is 29.8 Å². The van der Waals surface area contributed by atoms with E-state index in [9.17, 15) is 14.0 Å². The van der Waals surface area contributed by atoms with Crippen LogP contribution in [0, 0.1) is 25.6 Å². The molecule has 3 heterocycles. The van der Waals surface area contributed by atoms with Gasteiger partial charge in [-0.2, -0.15) is 0 Å². The molecule has 148 valence electrons. The van der Waals surface area contributed by atoms with Crippen LogP contribution in [-0.2, 0) is 11.3 Å². The van der Waals surface area contributed by atoms with Gasteiger partial charge in [-0.3, -0.25) is 20.7 Å². The van der Waals surface area contributed by atoms with Gasteiger partial charge in [0.25, 0.3) is 0 Å². The number of carbonyl (C=O) groups excluding carboxylic acids is 2. The van der Waals surface area contributed by atoms with E-state index in [1.54, 1.807) is 6.07 Å². The van der Waals surface area contributed by atoms with E-state index in [2.05, 4.69) is 26.4 Å². The number of benzene rings is 1. The van der Waals surface area contributed by atoms with Crippen LogP contribution in [0.1, 0.15) is 17.0 Å². The van der Waals surface area contributed by atoms with Crippen molar-refractivity contribution in [1.29, 1.82) is 0 Å². The van der Waals surface area contributed by atoms with E-state index in [-0.39, 0.29) is 12.0 Å². The largest absolute Gasteiger partial charge is 0.361 e. The van der Waals surface area contributed by atoms with Crippen molar-refractivity contribution in [1.82, 2.24) is 26.4 Å². The van der Waals surface area contributed by atoms with Gasteiger partial charge in [-0.1, -0.05) is 17.3 Å². The van der Waals surface area contributed by atoms with Gasteiger partial charge in [-0.15, -0.1) is 0 Å². The second-order valence-electron chi connectivity index (χ2n) is 6.85. The van der Waals surface area contributed by atoms with Crippen LogP contribution in [0.2, 0.25) is 0 Å². The lowest BCUT2D eigenvalue weighted by molar-refractivity contribution is -0.124. The lowest BCUT2D eigenvalue weighted by Gasteiger charge is -2.43. The molecule has 0 spiro atoms. The molecule has 0 radical (unpaired) electrons. The number of hydrogen-bond acceptors (Lipinski definition) is 7. The summed E-state index contributed by atoms with van der Waals surface area (Å²) in [4.78, 5) is 26.2.